The van der Waals surface area contributed by atoms with E-state index < -0.39 is 0 Å². The van der Waals surface area contributed by atoms with Crippen molar-refractivity contribution in [1.82, 2.24) is 9.80 Å². The normalized spacial score (nSPS) is 29.4. The van der Waals surface area contributed by atoms with Crippen LogP contribution in [0.5, 0.6) is 0 Å². The first-order chi connectivity index (χ1) is 9.65. The van der Waals surface area contributed by atoms with Gasteiger partial charge in [-0.05, 0) is 18.8 Å². The van der Waals surface area contributed by atoms with Crippen molar-refractivity contribution in [3.8, 4) is 0 Å². The average Bonchev–Trinajstić information content (AvgIpc) is 2.42. The molecule has 2 rings (SSSR count). The highest BCUT2D eigenvalue weighted by Crippen LogP contribution is 2.26. The Kier molecular flexibility index (Phi) is 6.26. The first-order valence-electron chi connectivity index (χ1n) is 8.00. The van der Waals surface area contributed by atoms with Crippen LogP contribution in [0.15, 0.2) is 0 Å². The van der Waals surface area contributed by atoms with E-state index in [2.05, 4.69) is 16.7 Å². The molecule has 0 spiro atoms. The zero-order valence-electron chi connectivity index (χ0n) is 12.7. The van der Waals surface area contributed by atoms with E-state index in [1.165, 1.54) is 25.7 Å². The maximum atomic E-state index is 10.9. The number of nitrogens with zero attached hydrogens (tertiary/aromatic N) is 2. The molecule has 116 valence electrons. The van der Waals surface area contributed by atoms with E-state index in [0.29, 0.717) is 12.6 Å². The quantitative estimate of drug-likeness (QED) is 0.779. The molecule has 2 fully saturated rings. The molecular weight excluding hydrogens is 254 g/mol. The minimum absolute atomic E-state index is 0.229. The fourth-order valence-corrected chi connectivity index (χ4v) is 3.25. The topological polar surface area (TPSA) is 58.8 Å². The number of hydrogen-bond acceptors (Lipinski definition) is 4. The van der Waals surface area contributed by atoms with Crippen LogP contribution in [-0.4, -0.2) is 67.7 Å². The number of piperazine rings is 1. The van der Waals surface area contributed by atoms with Crippen LogP contribution >= 0.6 is 0 Å². The Hall–Kier alpha value is -0.650. The van der Waals surface area contributed by atoms with Crippen molar-refractivity contribution in [3.05, 3.63) is 0 Å². The predicted molar refractivity (Wildman–Crippen MR) is 79.4 cm³/mol. The molecule has 0 radical (unpaired) electrons. The lowest BCUT2D eigenvalue weighted by molar-refractivity contribution is -0.119. The molecule has 1 aliphatic carbocycles. The first kappa shape index (κ1) is 15.7. The summed E-state index contributed by atoms with van der Waals surface area (Å²) in [6.45, 7) is 8.44. The largest absolute Gasteiger partial charge is 0.377 e. The lowest BCUT2D eigenvalue weighted by atomic mass is 9.88. The minimum Gasteiger partial charge on any atom is -0.377 e. The third-order valence-corrected chi connectivity index (χ3v) is 4.62. The van der Waals surface area contributed by atoms with Crippen LogP contribution in [0.3, 0.4) is 0 Å². The molecule has 0 unspecified atom stereocenters. The SMILES string of the molecule is C[C@H]1CCCC[C@@H]1OCCN1CCN(CC(N)=O)CC1. The van der Waals surface area contributed by atoms with Crippen molar-refractivity contribution >= 4 is 5.91 Å². The second-order valence-electron chi connectivity index (χ2n) is 6.26. The van der Waals surface area contributed by atoms with E-state index in [-0.39, 0.29) is 5.91 Å². The van der Waals surface area contributed by atoms with E-state index >= 15 is 0 Å². The molecule has 2 aliphatic rings. The Morgan fingerprint density at radius 2 is 1.80 bits per heavy atom. The number of carbonyl (C=O) groups is 1. The maximum Gasteiger partial charge on any atom is 0.231 e. The number of carbonyl (C=O) groups excluding carboxylic acids is 1. The summed E-state index contributed by atoms with van der Waals surface area (Å²) < 4.78 is 6.06. The van der Waals surface area contributed by atoms with Crippen molar-refractivity contribution in [2.45, 2.75) is 38.7 Å². The van der Waals surface area contributed by atoms with Gasteiger partial charge < -0.3 is 10.5 Å². The zero-order valence-corrected chi connectivity index (χ0v) is 12.7. The minimum atomic E-state index is -0.229. The van der Waals surface area contributed by atoms with Crippen molar-refractivity contribution < 1.29 is 9.53 Å². The second kappa shape index (κ2) is 7.96. The van der Waals surface area contributed by atoms with Crippen molar-refractivity contribution in [1.29, 1.82) is 0 Å². The number of rotatable bonds is 6. The lowest BCUT2D eigenvalue weighted by Gasteiger charge is -2.35. The van der Waals surface area contributed by atoms with E-state index in [4.69, 9.17) is 10.5 Å². The first-order valence-corrected chi connectivity index (χ1v) is 8.00. The van der Waals surface area contributed by atoms with Gasteiger partial charge in [-0.15, -0.1) is 0 Å². The molecule has 0 aromatic heterocycles. The number of amides is 1. The van der Waals surface area contributed by atoms with Gasteiger partial charge in [0.1, 0.15) is 0 Å². The maximum absolute atomic E-state index is 10.9. The van der Waals surface area contributed by atoms with E-state index in [1.54, 1.807) is 0 Å². The molecule has 5 heteroatoms. The van der Waals surface area contributed by atoms with Crippen molar-refractivity contribution in [2.24, 2.45) is 11.7 Å². The third kappa shape index (κ3) is 5.04. The Bertz CT molecular complexity index is 303. The summed E-state index contributed by atoms with van der Waals surface area (Å²) >= 11 is 0. The number of nitrogens with two attached hydrogens (primary N) is 1. The summed E-state index contributed by atoms with van der Waals surface area (Å²) in [5, 5.41) is 0. The molecule has 5 nitrogen and oxygen atoms in total. The van der Waals surface area contributed by atoms with Crippen LogP contribution in [0.2, 0.25) is 0 Å². The van der Waals surface area contributed by atoms with E-state index in [9.17, 15) is 4.79 Å². The van der Waals surface area contributed by atoms with Gasteiger partial charge in [0.05, 0.1) is 19.3 Å². The lowest BCUT2D eigenvalue weighted by Crippen LogP contribution is -2.49. The van der Waals surface area contributed by atoms with Crippen LogP contribution in [0, 0.1) is 5.92 Å². The number of ether oxygens (including phenoxy) is 1. The molecule has 1 saturated heterocycles. The molecule has 0 bridgehead atoms. The van der Waals surface area contributed by atoms with Crippen molar-refractivity contribution in [2.75, 3.05) is 45.9 Å². The molecule has 1 aliphatic heterocycles. The molecule has 1 amide bonds. The highest BCUT2D eigenvalue weighted by Gasteiger charge is 2.22. The van der Waals surface area contributed by atoms with Gasteiger partial charge in [0.2, 0.25) is 5.91 Å². The van der Waals surface area contributed by atoms with Crippen LogP contribution < -0.4 is 5.73 Å². The molecule has 0 aromatic carbocycles. The fraction of sp³-hybridized carbons (Fsp3) is 0.933. The van der Waals surface area contributed by atoms with Gasteiger partial charge in [0, 0.05) is 32.7 Å². The Labute approximate surface area is 122 Å². The zero-order chi connectivity index (χ0) is 14.4. The summed E-state index contributed by atoms with van der Waals surface area (Å²) in [5.41, 5.74) is 5.22. The van der Waals surface area contributed by atoms with Gasteiger partial charge in [-0.1, -0.05) is 19.8 Å². The Morgan fingerprint density at radius 3 is 2.45 bits per heavy atom. The molecule has 1 saturated carbocycles. The highest BCUT2D eigenvalue weighted by molar-refractivity contribution is 5.75. The average molecular weight is 283 g/mol. The summed E-state index contributed by atoms with van der Waals surface area (Å²) in [4.78, 5) is 15.4. The second-order valence-corrected chi connectivity index (χ2v) is 6.26. The molecule has 0 aromatic rings. The molecule has 2 N–H and O–H groups in total. The van der Waals surface area contributed by atoms with Gasteiger partial charge >= 0.3 is 0 Å². The van der Waals surface area contributed by atoms with Gasteiger partial charge in [-0.2, -0.15) is 0 Å². The van der Waals surface area contributed by atoms with Crippen LogP contribution in [0.25, 0.3) is 0 Å². The smallest absolute Gasteiger partial charge is 0.231 e. The molecule has 1 heterocycles. The molecule has 2 atom stereocenters. The standard InChI is InChI=1S/C15H29N3O2/c1-13-4-2-3-5-14(13)20-11-10-17-6-8-18(9-7-17)12-15(16)19/h13-14H,2-12H2,1H3,(H2,16,19)/t13-,14-/m0/s1. The van der Waals surface area contributed by atoms with Gasteiger partial charge in [0.25, 0.3) is 0 Å². The Balaban J connectivity index is 1.58. The number of primary amides is 1. The number of hydrogen-bond donors (Lipinski definition) is 1. The summed E-state index contributed by atoms with van der Waals surface area (Å²) in [6, 6.07) is 0. The summed E-state index contributed by atoms with van der Waals surface area (Å²) in [7, 11) is 0. The third-order valence-electron chi connectivity index (χ3n) is 4.62. The van der Waals surface area contributed by atoms with Gasteiger partial charge in [-0.25, -0.2) is 0 Å². The van der Waals surface area contributed by atoms with Gasteiger partial charge in [0.15, 0.2) is 0 Å². The molecule has 20 heavy (non-hydrogen) atoms. The van der Waals surface area contributed by atoms with E-state index in [1.807, 2.05) is 0 Å². The van der Waals surface area contributed by atoms with Crippen LogP contribution in [0.1, 0.15) is 32.6 Å². The van der Waals surface area contributed by atoms with Gasteiger partial charge in [-0.3, -0.25) is 14.6 Å². The molecular formula is C15H29N3O2. The Morgan fingerprint density at radius 1 is 1.15 bits per heavy atom. The monoisotopic (exact) mass is 283 g/mol. The fourth-order valence-electron chi connectivity index (χ4n) is 3.25. The van der Waals surface area contributed by atoms with Crippen LogP contribution in [-0.2, 0) is 9.53 Å². The summed E-state index contributed by atoms with van der Waals surface area (Å²) in [6.07, 6.45) is 5.70. The van der Waals surface area contributed by atoms with Crippen LogP contribution in [0.4, 0.5) is 0 Å². The predicted octanol–water partition coefficient (Wildman–Crippen LogP) is 0.685. The highest BCUT2D eigenvalue weighted by atomic mass is 16.5. The van der Waals surface area contributed by atoms with E-state index in [0.717, 1.165) is 45.2 Å². The van der Waals surface area contributed by atoms with Crippen molar-refractivity contribution in [3.63, 3.8) is 0 Å². The summed E-state index contributed by atoms with van der Waals surface area (Å²) in [5.74, 6) is 0.490.